The Labute approximate surface area is 193 Å². The van der Waals surface area contributed by atoms with Gasteiger partial charge < -0.3 is 20.5 Å². The van der Waals surface area contributed by atoms with Gasteiger partial charge in [-0.05, 0) is 47.4 Å². The molecule has 0 spiro atoms. The van der Waals surface area contributed by atoms with Crippen molar-refractivity contribution in [2.45, 2.75) is 57.5 Å². The lowest BCUT2D eigenvalue weighted by Gasteiger charge is -2.23. The third-order valence-electron chi connectivity index (χ3n) is 7.16. The molecule has 2 aromatic rings. The molecule has 2 amide bonds. The SMILES string of the molecule is CC1(C)CC1(C)NC(=O)C(CCC(=O)O)NC(=O)OCC1c2ccccc2-c2ccccc21. The van der Waals surface area contributed by atoms with E-state index in [0.29, 0.717) is 0 Å². The van der Waals surface area contributed by atoms with Crippen LogP contribution in [0.2, 0.25) is 0 Å². The van der Waals surface area contributed by atoms with Gasteiger partial charge in [-0.25, -0.2) is 4.79 Å². The van der Waals surface area contributed by atoms with E-state index < -0.39 is 24.0 Å². The predicted octanol–water partition coefficient (Wildman–Crippen LogP) is 4.06. The molecule has 2 aliphatic carbocycles. The molecule has 0 radical (unpaired) electrons. The van der Waals surface area contributed by atoms with Crippen molar-refractivity contribution >= 4 is 18.0 Å². The highest BCUT2D eigenvalue weighted by molar-refractivity contribution is 5.87. The standard InChI is InChI=1S/C26H30N2O5/c1-25(2)15-26(25,3)28-23(31)21(12-13-22(29)30)27-24(32)33-14-20-18-10-6-4-8-16(18)17-9-5-7-11-19(17)20/h4-11,20-21H,12-15H2,1-3H3,(H,27,32)(H,28,31)(H,29,30). The smallest absolute Gasteiger partial charge is 0.407 e. The third-order valence-corrected chi connectivity index (χ3v) is 7.16. The first-order valence-corrected chi connectivity index (χ1v) is 11.3. The number of ether oxygens (including phenoxy) is 1. The number of carbonyl (C=O) groups is 3. The maximum atomic E-state index is 12.8. The van der Waals surface area contributed by atoms with Crippen LogP contribution in [0.4, 0.5) is 4.79 Å². The monoisotopic (exact) mass is 450 g/mol. The minimum atomic E-state index is -1.03. The van der Waals surface area contributed by atoms with Gasteiger partial charge >= 0.3 is 12.1 Å². The minimum absolute atomic E-state index is 0.0120. The average Bonchev–Trinajstić information content (AvgIpc) is 3.11. The quantitative estimate of drug-likeness (QED) is 0.563. The summed E-state index contributed by atoms with van der Waals surface area (Å²) in [6.07, 6.45) is -0.158. The van der Waals surface area contributed by atoms with E-state index in [1.54, 1.807) is 0 Å². The molecule has 1 saturated carbocycles. The number of carbonyl (C=O) groups excluding carboxylic acids is 2. The van der Waals surface area contributed by atoms with E-state index >= 15 is 0 Å². The molecule has 2 atom stereocenters. The summed E-state index contributed by atoms with van der Waals surface area (Å²) < 4.78 is 5.54. The molecular formula is C26H30N2O5. The topological polar surface area (TPSA) is 105 Å². The Hall–Kier alpha value is -3.35. The first-order chi connectivity index (χ1) is 15.6. The third kappa shape index (κ3) is 4.58. The second kappa shape index (κ2) is 8.54. The zero-order chi connectivity index (χ0) is 23.8. The van der Waals surface area contributed by atoms with Crippen LogP contribution in [0.3, 0.4) is 0 Å². The van der Waals surface area contributed by atoms with Gasteiger partial charge in [0.05, 0.1) is 0 Å². The van der Waals surface area contributed by atoms with Gasteiger partial charge in [0.1, 0.15) is 12.6 Å². The van der Waals surface area contributed by atoms with Crippen LogP contribution >= 0.6 is 0 Å². The summed E-state index contributed by atoms with van der Waals surface area (Å²) in [6, 6.07) is 15.1. The van der Waals surface area contributed by atoms with E-state index in [-0.39, 0.29) is 36.3 Å². The number of rotatable bonds is 8. The summed E-state index contributed by atoms with van der Waals surface area (Å²) in [5.41, 5.74) is 4.03. The van der Waals surface area contributed by atoms with Gasteiger partial charge in [0.2, 0.25) is 5.91 Å². The average molecular weight is 451 g/mol. The van der Waals surface area contributed by atoms with Crippen LogP contribution in [0.1, 0.15) is 57.1 Å². The number of aliphatic carboxylic acids is 1. The Kier molecular flexibility index (Phi) is 5.91. The largest absolute Gasteiger partial charge is 0.481 e. The van der Waals surface area contributed by atoms with Gasteiger partial charge in [-0.15, -0.1) is 0 Å². The number of amides is 2. The van der Waals surface area contributed by atoms with Crippen molar-refractivity contribution in [2.75, 3.05) is 6.61 Å². The Bertz CT molecular complexity index is 1050. The van der Waals surface area contributed by atoms with Crippen molar-refractivity contribution in [2.24, 2.45) is 5.41 Å². The summed E-state index contributed by atoms with van der Waals surface area (Å²) in [7, 11) is 0. The molecule has 0 heterocycles. The molecule has 2 aromatic carbocycles. The van der Waals surface area contributed by atoms with Crippen LogP contribution in [-0.2, 0) is 14.3 Å². The molecule has 7 heteroatoms. The fourth-order valence-corrected chi connectivity index (χ4v) is 4.73. The van der Waals surface area contributed by atoms with Crippen molar-refractivity contribution in [3.05, 3.63) is 59.7 Å². The molecule has 0 bridgehead atoms. The summed E-state index contributed by atoms with van der Waals surface area (Å²) in [5.74, 6) is -1.52. The molecule has 2 aliphatic rings. The van der Waals surface area contributed by atoms with E-state index in [2.05, 4.69) is 36.6 Å². The molecule has 2 unspecified atom stereocenters. The van der Waals surface area contributed by atoms with Crippen LogP contribution in [0, 0.1) is 5.41 Å². The van der Waals surface area contributed by atoms with E-state index in [0.717, 1.165) is 28.7 Å². The van der Waals surface area contributed by atoms with Crippen LogP contribution in [0.15, 0.2) is 48.5 Å². The number of fused-ring (bicyclic) bond motifs is 3. The number of carboxylic acid groups (broad SMARTS) is 1. The maximum Gasteiger partial charge on any atom is 0.407 e. The molecule has 33 heavy (non-hydrogen) atoms. The van der Waals surface area contributed by atoms with Gasteiger partial charge in [-0.3, -0.25) is 9.59 Å². The second-order valence-corrected chi connectivity index (χ2v) is 9.84. The molecule has 1 fully saturated rings. The number of nitrogens with one attached hydrogen (secondary N) is 2. The van der Waals surface area contributed by atoms with Gasteiger partial charge in [0, 0.05) is 17.9 Å². The molecule has 4 rings (SSSR count). The van der Waals surface area contributed by atoms with Crippen LogP contribution in [0.25, 0.3) is 11.1 Å². The van der Waals surface area contributed by atoms with E-state index in [1.807, 2.05) is 43.3 Å². The second-order valence-electron chi connectivity index (χ2n) is 9.84. The zero-order valence-electron chi connectivity index (χ0n) is 19.2. The summed E-state index contributed by atoms with van der Waals surface area (Å²) in [4.78, 5) is 36.5. The van der Waals surface area contributed by atoms with Gasteiger partial charge in [-0.1, -0.05) is 62.4 Å². The van der Waals surface area contributed by atoms with E-state index in [4.69, 9.17) is 9.84 Å². The van der Waals surface area contributed by atoms with Gasteiger partial charge in [-0.2, -0.15) is 0 Å². The number of hydrogen-bond acceptors (Lipinski definition) is 4. The maximum absolute atomic E-state index is 12.8. The summed E-state index contributed by atoms with van der Waals surface area (Å²) in [6.45, 7) is 6.18. The number of benzene rings is 2. The van der Waals surface area contributed by atoms with Crippen LogP contribution in [0.5, 0.6) is 0 Å². The summed E-state index contributed by atoms with van der Waals surface area (Å²) in [5, 5.41) is 14.6. The molecule has 174 valence electrons. The van der Waals surface area contributed by atoms with Gasteiger partial charge in [0.15, 0.2) is 0 Å². The lowest BCUT2D eigenvalue weighted by Crippen LogP contribution is -2.51. The van der Waals surface area contributed by atoms with E-state index in [9.17, 15) is 14.4 Å². The first-order valence-electron chi connectivity index (χ1n) is 11.3. The fraction of sp³-hybridized carbons (Fsp3) is 0.423. The number of hydrogen-bond donors (Lipinski definition) is 3. The molecule has 0 aliphatic heterocycles. The first kappa shape index (κ1) is 22.8. The van der Waals surface area contributed by atoms with Crippen molar-refractivity contribution in [3.8, 4) is 11.1 Å². The van der Waals surface area contributed by atoms with Crippen molar-refractivity contribution < 1.29 is 24.2 Å². The van der Waals surface area contributed by atoms with Crippen LogP contribution < -0.4 is 10.6 Å². The Balaban J connectivity index is 1.41. The Morgan fingerprint density at radius 3 is 2.09 bits per heavy atom. The number of alkyl carbamates (subject to hydrolysis) is 1. The zero-order valence-corrected chi connectivity index (χ0v) is 19.2. The Morgan fingerprint density at radius 1 is 1.03 bits per heavy atom. The lowest BCUT2D eigenvalue weighted by atomic mass is 9.98. The molecule has 0 aromatic heterocycles. The van der Waals surface area contributed by atoms with Crippen molar-refractivity contribution in [1.82, 2.24) is 10.6 Å². The van der Waals surface area contributed by atoms with Gasteiger partial charge in [0.25, 0.3) is 0 Å². The van der Waals surface area contributed by atoms with Crippen LogP contribution in [-0.4, -0.2) is 41.3 Å². The predicted molar refractivity (Wildman–Crippen MR) is 124 cm³/mol. The highest BCUT2D eigenvalue weighted by Gasteiger charge is 2.58. The fourth-order valence-electron chi connectivity index (χ4n) is 4.73. The highest BCUT2D eigenvalue weighted by atomic mass is 16.5. The summed E-state index contributed by atoms with van der Waals surface area (Å²) >= 11 is 0. The molecule has 3 N–H and O–H groups in total. The molecule has 7 nitrogen and oxygen atoms in total. The number of carboxylic acids is 1. The molecule has 0 saturated heterocycles. The molecular weight excluding hydrogens is 420 g/mol. The lowest BCUT2D eigenvalue weighted by molar-refractivity contribution is -0.137. The highest BCUT2D eigenvalue weighted by Crippen LogP contribution is 2.55. The normalized spacial score (nSPS) is 20.8. The van der Waals surface area contributed by atoms with Crippen molar-refractivity contribution in [1.29, 1.82) is 0 Å². The Morgan fingerprint density at radius 2 is 1.58 bits per heavy atom. The van der Waals surface area contributed by atoms with E-state index in [1.165, 1.54) is 0 Å². The minimum Gasteiger partial charge on any atom is -0.481 e. The van der Waals surface area contributed by atoms with Crippen molar-refractivity contribution in [3.63, 3.8) is 0 Å².